The maximum atomic E-state index is 13.6. The number of benzene rings is 1. The molecule has 0 amide bonds. The lowest BCUT2D eigenvalue weighted by Gasteiger charge is -2.19. The first-order chi connectivity index (χ1) is 9.97. The van der Waals surface area contributed by atoms with Crippen molar-refractivity contribution in [1.29, 1.82) is 0 Å². The highest BCUT2D eigenvalue weighted by molar-refractivity contribution is 14.0. The van der Waals surface area contributed by atoms with Gasteiger partial charge in [-0.15, -0.1) is 24.0 Å². The predicted octanol–water partition coefficient (Wildman–Crippen LogP) is 4.12. The standard InChI is InChI=1S/C16H26FN3S.HI/c1-6-18-16(19-10-12(3)21-5)20-13(4)14-8-7-11(2)15(17)9-14;/h7-9,12-13H,6,10H2,1-5H3,(H2,18,19,20);1H. The Morgan fingerprint density at radius 3 is 2.59 bits per heavy atom. The largest absolute Gasteiger partial charge is 0.357 e. The molecule has 0 saturated heterocycles. The zero-order valence-corrected chi connectivity index (χ0v) is 17.1. The summed E-state index contributed by atoms with van der Waals surface area (Å²) in [6.07, 6.45) is 2.08. The number of rotatable bonds is 6. The van der Waals surface area contributed by atoms with E-state index >= 15 is 0 Å². The van der Waals surface area contributed by atoms with E-state index in [2.05, 4.69) is 28.8 Å². The maximum Gasteiger partial charge on any atom is 0.191 e. The molecule has 6 heteroatoms. The predicted molar refractivity (Wildman–Crippen MR) is 107 cm³/mol. The first-order valence-corrected chi connectivity index (χ1v) is 8.60. The van der Waals surface area contributed by atoms with Crippen LogP contribution in [0, 0.1) is 12.7 Å². The fraction of sp³-hybridized carbons (Fsp3) is 0.562. The van der Waals surface area contributed by atoms with Crippen LogP contribution in [-0.4, -0.2) is 30.6 Å². The van der Waals surface area contributed by atoms with Gasteiger partial charge in [-0.25, -0.2) is 4.39 Å². The molecule has 0 saturated carbocycles. The van der Waals surface area contributed by atoms with Crippen LogP contribution in [0.15, 0.2) is 23.2 Å². The van der Waals surface area contributed by atoms with E-state index in [-0.39, 0.29) is 35.8 Å². The van der Waals surface area contributed by atoms with E-state index in [0.29, 0.717) is 10.8 Å². The number of hydrogen-bond acceptors (Lipinski definition) is 2. The van der Waals surface area contributed by atoms with E-state index in [4.69, 9.17) is 0 Å². The molecule has 0 aliphatic carbocycles. The fourth-order valence-electron chi connectivity index (χ4n) is 1.78. The third-order valence-electron chi connectivity index (χ3n) is 3.30. The van der Waals surface area contributed by atoms with Gasteiger partial charge in [0.05, 0.1) is 12.6 Å². The highest BCUT2D eigenvalue weighted by atomic mass is 127. The van der Waals surface area contributed by atoms with Crippen LogP contribution in [0.25, 0.3) is 0 Å². The number of hydrogen-bond donors (Lipinski definition) is 2. The summed E-state index contributed by atoms with van der Waals surface area (Å²) >= 11 is 1.79. The quantitative estimate of drug-likeness (QED) is 0.398. The van der Waals surface area contributed by atoms with E-state index in [1.807, 2.05) is 26.0 Å². The molecule has 126 valence electrons. The van der Waals surface area contributed by atoms with Crippen LogP contribution in [0.2, 0.25) is 0 Å². The lowest BCUT2D eigenvalue weighted by Crippen LogP contribution is -2.39. The molecule has 1 aromatic rings. The molecule has 2 N–H and O–H groups in total. The third kappa shape index (κ3) is 7.17. The zero-order valence-electron chi connectivity index (χ0n) is 13.9. The Balaban J connectivity index is 0.00000441. The van der Waals surface area contributed by atoms with Gasteiger partial charge in [-0.3, -0.25) is 4.99 Å². The second-order valence-corrected chi connectivity index (χ2v) is 6.42. The van der Waals surface area contributed by atoms with Crippen LogP contribution in [0.3, 0.4) is 0 Å². The Kier molecular flexibility index (Phi) is 10.8. The first-order valence-electron chi connectivity index (χ1n) is 7.31. The molecule has 0 fully saturated rings. The van der Waals surface area contributed by atoms with Gasteiger partial charge in [0, 0.05) is 11.8 Å². The van der Waals surface area contributed by atoms with Crippen LogP contribution in [0.1, 0.15) is 37.9 Å². The normalized spacial score (nSPS) is 14.0. The number of nitrogens with one attached hydrogen (secondary N) is 2. The van der Waals surface area contributed by atoms with Gasteiger partial charge in [-0.1, -0.05) is 19.1 Å². The smallest absolute Gasteiger partial charge is 0.191 e. The summed E-state index contributed by atoms with van der Waals surface area (Å²) in [5.74, 6) is 0.603. The number of aliphatic imine (C=N–C) groups is 1. The molecule has 0 heterocycles. The van der Waals surface area contributed by atoms with Gasteiger partial charge in [0.25, 0.3) is 0 Å². The van der Waals surface area contributed by atoms with Crippen LogP contribution in [-0.2, 0) is 0 Å². The molecule has 3 nitrogen and oxygen atoms in total. The SMILES string of the molecule is CCNC(=NCC(C)SC)NC(C)c1ccc(C)c(F)c1.I. The van der Waals surface area contributed by atoms with Crippen molar-refractivity contribution >= 4 is 41.7 Å². The lowest BCUT2D eigenvalue weighted by atomic mass is 10.1. The zero-order chi connectivity index (χ0) is 15.8. The van der Waals surface area contributed by atoms with Crippen LogP contribution >= 0.6 is 35.7 Å². The number of guanidine groups is 1. The number of thioether (sulfide) groups is 1. The summed E-state index contributed by atoms with van der Waals surface area (Å²) in [4.78, 5) is 4.57. The van der Waals surface area contributed by atoms with E-state index in [1.54, 1.807) is 24.8 Å². The minimum absolute atomic E-state index is 0. The number of aryl methyl sites for hydroxylation is 1. The van der Waals surface area contributed by atoms with Crippen molar-refractivity contribution in [3.63, 3.8) is 0 Å². The molecule has 0 aliphatic heterocycles. The second kappa shape index (κ2) is 11.1. The molecular weight excluding hydrogens is 412 g/mol. The Morgan fingerprint density at radius 1 is 1.36 bits per heavy atom. The molecular formula is C16H27FIN3S. The summed E-state index contributed by atoms with van der Waals surface area (Å²) in [7, 11) is 0. The van der Waals surface area contributed by atoms with Gasteiger partial charge in [0.1, 0.15) is 5.82 Å². The fourth-order valence-corrected chi connectivity index (χ4v) is 2.00. The van der Waals surface area contributed by atoms with Crippen LogP contribution in [0.4, 0.5) is 4.39 Å². The molecule has 1 rings (SSSR count). The van der Waals surface area contributed by atoms with Gasteiger partial charge in [0.15, 0.2) is 5.96 Å². The molecule has 0 bridgehead atoms. The maximum absolute atomic E-state index is 13.6. The molecule has 0 aromatic heterocycles. The number of nitrogens with zero attached hydrogens (tertiary/aromatic N) is 1. The summed E-state index contributed by atoms with van der Waals surface area (Å²) in [5.41, 5.74) is 1.59. The Morgan fingerprint density at radius 2 is 2.05 bits per heavy atom. The van der Waals surface area contributed by atoms with Gasteiger partial charge in [-0.2, -0.15) is 11.8 Å². The average Bonchev–Trinajstić information content (AvgIpc) is 2.47. The molecule has 2 unspecified atom stereocenters. The Labute approximate surface area is 155 Å². The molecule has 22 heavy (non-hydrogen) atoms. The highest BCUT2D eigenvalue weighted by Crippen LogP contribution is 2.16. The van der Waals surface area contributed by atoms with Crippen molar-refractivity contribution in [3.05, 3.63) is 35.1 Å². The monoisotopic (exact) mass is 439 g/mol. The summed E-state index contributed by atoms with van der Waals surface area (Å²) in [6.45, 7) is 9.52. The van der Waals surface area contributed by atoms with E-state index in [9.17, 15) is 4.39 Å². The molecule has 1 aromatic carbocycles. The van der Waals surface area contributed by atoms with Crippen molar-refractivity contribution in [2.45, 2.75) is 39.0 Å². The van der Waals surface area contributed by atoms with E-state index in [0.717, 1.165) is 24.6 Å². The van der Waals surface area contributed by atoms with Crippen molar-refractivity contribution in [3.8, 4) is 0 Å². The number of halogens is 2. The average molecular weight is 439 g/mol. The summed E-state index contributed by atoms with van der Waals surface area (Å²) in [5, 5.41) is 7.03. The highest BCUT2D eigenvalue weighted by Gasteiger charge is 2.10. The van der Waals surface area contributed by atoms with Gasteiger partial charge in [-0.05, 0) is 44.2 Å². The van der Waals surface area contributed by atoms with E-state index < -0.39 is 0 Å². The van der Waals surface area contributed by atoms with Crippen molar-refractivity contribution < 1.29 is 4.39 Å². The minimum Gasteiger partial charge on any atom is -0.357 e. The third-order valence-corrected chi connectivity index (χ3v) is 4.26. The summed E-state index contributed by atoms with van der Waals surface area (Å²) < 4.78 is 13.6. The first kappa shape index (κ1) is 21.5. The van der Waals surface area contributed by atoms with E-state index in [1.165, 1.54) is 0 Å². The lowest BCUT2D eigenvalue weighted by molar-refractivity contribution is 0.607. The molecule has 0 aliphatic rings. The molecule has 2 atom stereocenters. The molecule has 0 spiro atoms. The van der Waals surface area contributed by atoms with Crippen molar-refractivity contribution in [2.75, 3.05) is 19.3 Å². The molecule has 0 radical (unpaired) electrons. The van der Waals surface area contributed by atoms with Crippen molar-refractivity contribution in [1.82, 2.24) is 10.6 Å². The van der Waals surface area contributed by atoms with Gasteiger partial charge >= 0.3 is 0 Å². The van der Waals surface area contributed by atoms with Crippen LogP contribution < -0.4 is 10.6 Å². The summed E-state index contributed by atoms with van der Waals surface area (Å²) in [6, 6.07) is 5.34. The topological polar surface area (TPSA) is 36.4 Å². The van der Waals surface area contributed by atoms with Gasteiger partial charge < -0.3 is 10.6 Å². The minimum atomic E-state index is -0.168. The Bertz CT molecular complexity index is 482. The second-order valence-electron chi connectivity index (χ2n) is 5.14. The van der Waals surface area contributed by atoms with Gasteiger partial charge in [0.2, 0.25) is 0 Å². The van der Waals surface area contributed by atoms with Crippen LogP contribution in [0.5, 0.6) is 0 Å². The van der Waals surface area contributed by atoms with Crippen molar-refractivity contribution in [2.24, 2.45) is 4.99 Å². The Hall–Kier alpha value is -0.500.